The second-order valence-electron chi connectivity index (χ2n) is 3.91. The Morgan fingerprint density at radius 3 is 2.88 bits per heavy atom. The Morgan fingerprint density at radius 1 is 1.50 bits per heavy atom. The molecule has 1 heterocycles. The zero-order valence-corrected chi connectivity index (χ0v) is 10.1. The Bertz CT molecular complexity index is 419. The first-order valence-corrected chi connectivity index (χ1v) is 6.39. The van der Waals surface area contributed by atoms with E-state index in [4.69, 9.17) is 5.73 Å². The molecule has 0 radical (unpaired) electrons. The van der Waals surface area contributed by atoms with Gasteiger partial charge in [0.1, 0.15) is 5.82 Å². The first-order valence-electron chi connectivity index (χ1n) is 5.41. The van der Waals surface area contributed by atoms with E-state index in [0.29, 0.717) is 10.7 Å². The largest absolute Gasteiger partial charge is 0.379 e. The minimum absolute atomic E-state index is 0.187. The standard InChI is InChI=1S/C12H15FN2S/c1-2-12(7-8-16-11(14)15-12)9-5-3-4-6-10(9)13/h3-6H,2,7-8H2,1H3,(H2,14,15)/t12-/m0/s1. The zero-order chi connectivity index (χ0) is 11.6. The van der Waals surface area contributed by atoms with Gasteiger partial charge in [-0.25, -0.2) is 4.39 Å². The third-order valence-electron chi connectivity index (χ3n) is 3.05. The summed E-state index contributed by atoms with van der Waals surface area (Å²) in [5.41, 5.74) is 5.97. The van der Waals surface area contributed by atoms with Crippen molar-refractivity contribution in [2.24, 2.45) is 10.7 Å². The van der Waals surface area contributed by atoms with Gasteiger partial charge in [0.15, 0.2) is 5.17 Å². The number of benzene rings is 1. The van der Waals surface area contributed by atoms with Crippen LogP contribution in [0.25, 0.3) is 0 Å². The van der Waals surface area contributed by atoms with Crippen LogP contribution in [0.3, 0.4) is 0 Å². The van der Waals surface area contributed by atoms with Gasteiger partial charge in [0.2, 0.25) is 0 Å². The molecule has 16 heavy (non-hydrogen) atoms. The van der Waals surface area contributed by atoms with Crippen molar-refractivity contribution in [3.05, 3.63) is 35.6 Å². The van der Waals surface area contributed by atoms with E-state index in [1.807, 2.05) is 19.1 Å². The normalized spacial score (nSPS) is 25.2. The fourth-order valence-electron chi connectivity index (χ4n) is 2.10. The van der Waals surface area contributed by atoms with Gasteiger partial charge in [-0.3, -0.25) is 4.99 Å². The molecule has 0 aromatic heterocycles. The molecule has 0 spiro atoms. The minimum atomic E-state index is -0.458. The fourth-order valence-corrected chi connectivity index (χ4v) is 2.99. The Balaban J connectivity index is 2.50. The van der Waals surface area contributed by atoms with Gasteiger partial charge < -0.3 is 5.73 Å². The molecule has 0 unspecified atom stereocenters. The SMILES string of the molecule is CC[C@@]1(c2ccccc2F)CCSC(N)=N1. The molecule has 0 amide bonds. The third-order valence-corrected chi connectivity index (χ3v) is 3.85. The van der Waals surface area contributed by atoms with Crippen LogP contribution < -0.4 is 5.73 Å². The van der Waals surface area contributed by atoms with Gasteiger partial charge in [-0.05, 0) is 18.9 Å². The molecular weight excluding hydrogens is 223 g/mol. The highest BCUT2D eigenvalue weighted by Gasteiger charge is 2.34. The minimum Gasteiger partial charge on any atom is -0.379 e. The molecular formula is C12H15FN2S. The van der Waals surface area contributed by atoms with Crippen LogP contribution in [0.2, 0.25) is 0 Å². The van der Waals surface area contributed by atoms with Gasteiger partial charge >= 0.3 is 0 Å². The first-order chi connectivity index (χ1) is 7.68. The smallest absolute Gasteiger partial charge is 0.154 e. The molecule has 0 saturated carbocycles. The highest BCUT2D eigenvalue weighted by molar-refractivity contribution is 8.13. The Hall–Kier alpha value is -1.03. The van der Waals surface area contributed by atoms with E-state index >= 15 is 0 Å². The second-order valence-corrected chi connectivity index (χ2v) is 5.03. The van der Waals surface area contributed by atoms with Crippen LogP contribution in [-0.2, 0) is 5.54 Å². The monoisotopic (exact) mass is 238 g/mol. The van der Waals surface area contributed by atoms with E-state index in [1.165, 1.54) is 6.07 Å². The number of amidine groups is 1. The number of rotatable bonds is 2. The third kappa shape index (κ3) is 1.94. The van der Waals surface area contributed by atoms with Crippen LogP contribution in [0.4, 0.5) is 4.39 Å². The van der Waals surface area contributed by atoms with Crippen LogP contribution in [-0.4, -0.2) is 10.9 Å². The molecule has 1 aromatic carbocycles. The molecule has 2 N–H and O–H groups in total. The zero-order valence-electron chi connectivity index (χ0n) is 9.24. The quantitative estimate of drug-likeness (QED) is 0.860. The van der Waals surface area contributed by atoms with E-state index in [-0.39, 0.29) is 5.82 Å². The van der Waals surface area contributed by atoms with Crippen LogP contribution >= 0.6 is 11.8 Å². The number of hydrogen-bond acceptors (Lipinski definition) is 3. The van der Waals surface area contributed by atoms with Crippen LogP contribution in [0.1, 0.15) is 25.3 Å². The summed E-state index contributed by atoms with van der Waals surface area (Å²) in [6, 6.07) is 6.85. The average Bonchev–Trinajstić information content (AvgIpc) is 2.29. The summed E-state index contributed by atoms with van der Waals surface area (Å²) < 4.78 is 13.8. The summed E-state index contributed by atoms with van der Waals surface area (Å²) >= 11 is 1.54. The van der Waals surface area contributed by atoms with E-state index in [0.717, 1.165) is 18.6 Å². The summed E-state index contributed by atoms with van der Waals surface area (Å²) in [7, 11) is 0. The maximum Gasteiger partial charge on any atom is 0.154 e. The average molecular weight is 238 g/mol. The molecule has 4 heteroatoms. The molecule has 2 rings (SSSR count). The second kappa shape index (κ2) is 4.45. The highest BCUT2D eigenvalue weighted by atomic mass is 32.2. The number of thioether (sulfide) groups is 1. The van der Waals surface area contributed by atoms with Gasteiger partial charge in [-0.15, -0.1) is 0 Å². The molecule has 0 saturated heterocycles. The number of nitrogens with two attached hydrogens (primary N) is 1. The summed E-state index contributed by atoms with van der Waals surface area (Å²) in [6.45, 7) is 2.03. The van der Waals surface area contributed by atoms with Crippen LogP contribution in [0.15, 0.2) is 29.3 Å². The highest BCUT2D eigenvalue weighted by Crippen LogP contribution is 2.39. The fraction of sp³-hybridized carbons (Fsp3) is 0.417. The Labute approximate surface area is 99.1 Å². The lowest BCUT2D eigenvalue weighted by atomic mass is 9.85. The van der Waals surface area contributed by atoms with Gasteiger partial charge in [0, 0.05) is 11.3 Å². The lowest BCUT2D eigenvalue weighted by Gasteiger charge is -2.32. The summed E-state index contributed by atoms with van der Waals surface area (Å²) in [6.07, 6.45) is 1.62. The predicted molar refractivity (Wildman–Crippen MR) is 67.1 cm³/mol. The topological polar surface area (TPSA) is 38.4 Å². The number of nitrogens with zero attached hydrogens (tertiary/aromatic N) is 1. The van der Waals surface area contributed by atoms with Crippen molar-refractivity contribution in [3.8, 4) is 0 Å². The lowest BCUT2D eigenvalue weighted by Crippen LogP contribution is -2.32. The number of hydrogen-bond donors (Lipinski definition) is 1. The van der Waals surface area contributed by atoms with Crippen molar-refractivity contribution in [1.82, 2.24) is 0 Å². The molecule has 1 aliphatic heterocycles. The first kappa shape index (κ1) is 11.5. The van der Waals surface area contributed by atoms with Crippen molar-refractivity contribution in [1.29, 1.82) is 0 Å². The molecule has 0 aliphatic carbocycles. The van der Waals surface area contributed by atoms with Crippen molar-refractivity contribution in [2.45, 2.75) is 25.3 Å². The van der Waals surface area contributed by atoms with Crippen molar-refractivity contribution in [2.75, 3.05) is 5.75 Å². The Morgan fingerprint density at radius 2 is 2.25 bits per heavy atom. The van der Waals surface area contributed by atoms with E-state index in [2.05, 4.69) is 4.99 Å². The maximum absolute atomic E-state index is 13.8. The van der Waals surface area contributed by atoms with Gasteiger partial charge in [0.05, 0.1) is 5.54 Å². The van der Waals surface area contributed by atoms with Crippen molar-refractivity contribution in [3.63, 3.8) is 0 Å². The maximum atomic E-state index is 13.8. The van der Waals surface area contributed by atoms with Crippen LogP contribution in [0, 0.1) is 5.82 Å². The number of halogens is 1. The Kier molecular flexibility index (Phi) is 3.19. The molecule has 0 fully saturated rings. The molecule has 1 aliphatic rings. The van der Waals surface area contributed by atoms with E-state index < -0.39 is 5.54 Å². The van der Waals surface area contributed by atoms with Gasteiger partial charge in [-0.2, -0.15) is 0 Å². The summed E-state index contributed by atoms with van der Waals surface area (Å²) in [4.78, 5) is 4.48. The van der Waals surface area contributed by atoms with Gasteiger partial charge in [0.25, 0.3) is 0 Å². The molecule has 1 atom stereocenters. The molecule has 0 bridgehead atoms. The van der Waals surface area contributed by atoms with Crippen molar-refractivity contribution >= 4 is 16.9 Å². The van der Waals surface area contributed by atoms with E-state index in [1.54, 1.807) is 17.8 Å². The lowest BCUT2D eigenvalue weighted by molar-refractivity contribution is 0.397. The summed E-state index contributed by atoms with van der Waals surface area (Å²) in [5.74, 6) is 0.713. The molecule has 2 nitrogen and oxygen atoms in total. The summed E-state index contributed by atoms with van der Waals surface area (Å²) in [5, 5.41) is 0.566. The molecule has 1 aromatic rings. The van der Waals surface area contributed by atoms with Gasteiger partial charge in [-0.1, -0.05) is 36.9 Å². The van der Waals surface area contributed by atoms with Crippen LogP contribution in [0.5, 0.6) is 0 Å². The number of aliphatic imine (C=N–C) groups is 1. The molecule has 86 valence electrons. The predicted octanol–water partition coefficient (Wildman–Crippen LogP) is 2.88. The van der Waals surface area contributed by atoms with E-state index in [9.17, 15) is 4.39 Å². The van der Waals surface area contributed by atoms with Crippen molar-refractivity contribution < 1.29 is 4.39 Å².